The van der Waals surface area contributed by atoms with Crippen LogP contribution in [0.1, 0.15) is 25.3 Å². The van der Waals surface area contributed by atoms with Crippen LogP contribution < -0.4 is 10.2 Å². The molecule has 1 heterocycles. The quantitative estimate of drug-likeness (QED) is 0.856. The zero-order valence-electron chi connectivity index (χ0n) is 10.4. The Morgan fingerprint density at radius 3 is 2.72 bits per heavy atom. The van der Waals surface area contributed by atoms with Gasteiger partial charge in [-0.15, -0.1) is 0 Å². The molecule has 5 heteroatoms. The Morgan fingerprint density at radius 1 is 1.39 bits per heavy atom. The number of rotatable bonds is 3. The highest BCUT2D eigenvalue weighted by Gasteiger charge is 2.38. The summed E-state index contributed by atoms with van der Waals surface area (Å²) in [6, 6.07) is 4.38. The number of carbonyl (C=O) groups is 2. The molecule has 96 valence electrons. The minimum Gasteiger partial charge on any atom is -0.325 e. The molecule has 0 aromatic heterocycles. The van der Waals surface area contributed by atoms with Crippen LogP contribution in [-0.2, 0) is 4.79 Å². The number of imide groups is 1. The fraction of sp³-hybridized carbons (Fsp3) is 0.385. The van der Waals surface area contributed by atoms with Crippen molar-refractivity contribution in [3.8, 4) is 0 Å². The third-order valence-electron chi connectivity index (χ3n) is 3.01. The molecular formula is C13H15ClN2O2. The van der Waals surface area contributed by atoms with Gasteiger partial charge in [-0.25, -0.2) is 9.69 Å². The lowest BCUT2D eigenvalue weighted by Crippen LogP contribution is -2.31. The number of hydrogen-bond donors (Lipinski definition) is 1. The summed E-state index contributed by atoms with van der Waals surface area (Å²) in [7, 11) is 0. The molecule has 0 saturated carbocycles. The largest absolute Gasteiger partial charge is 0.329 e. The van der Waals surface area contributed by atoms with Gasteiger partial charge in [0.1, 0.15) is 6.04 Å². The van der Waals surface area contributed by atoms with Crippen LogP contribution in [0.4, 0.5) is 10.5 Å². The zero-order valence-corrected chi connectivity index (χ0v) is 11.1. The van der Waals surface area contributed by atoms with Crippen molar-refractivity contribution in [1.29, 1.82) is 0 Å². The van der Waals surface area contributed by atoms with Crippen molar-refractivity contribution in [2.24, 2.45) is 0 Å². The molecule has 1 aromatic carbocycles. The Bertz CT molecular complexity index is 502. The van der Waals surface area contributed by atoms with Gasteiger partial charge in [0.25, 0.3) is 5.91 Å². The molecule has 1 saturated heterocycles. The molecule has 0 aliphatic carbocycles. The highest BCUT2D eigenvalue weighted by atomic mass is 35.5. The van der Waals surface area contributed by atoms with Crippen LogP contribution in [-0.4, -0.2) is 18.0 Å². The van der Waals surface area contributed by atoms with E-state index in [1.54, 1.807) is 18.2 Å². The lowest BCUT2D eigenvalue weighted by atomic mass is 10.1. The number of benzene rings is 1. The summed E-state index contributed by atoms with van der Waals surface area (Å²) in [6.45, 7) is 3.85. The molecule has 18 heavy (non-hydrogen) atoms. The highest BCUT2D eigenvalue weighted by Crippen LogP contribution is 2.26. The van der Waals surface area contributed by atoms with Crippen molar-refractivity contribution in [1.82, 2.24) is 5.32 Å². The van der Waals surface area contributed by atoms with Crippen molar-refractivity contribution >= 4 is 29.2 Å². The zero-order chi connectivity index (χ0) is 13.3. The van der Waals surface area contributed by atoms with Gasteiger partial charge in [0.15, 0.2) is 0 Å². The van der Waals surface area contributed by atoms with Gasteiger partial charge in [-0.3, -0.25) is 4.79 Å². The van der Waals surface area contributed by atoms with Gasteiger partial charge in [0.2, 0.25) is 0 Å². The van der Waals surface area contributed by atoms with E-state index < -0.39 is 6.04 Å². The predicted octanol–water partition coefficient (Wildman–Crippen LogP) is 2.87. The number of amides is 3. The van der Waals surface area contributed by atoms with E-state index in [4.69, 9.17) is 11.6 Å². The van der Waals surface area contributed by atoms with Gasteiger partial charge in [-0.1, -0.05) is 31.0 Å². The molecule has 3 amide bonds. The van der Waals surface area contributed by atoms with Crippen molar-refractivity contribution in [2.45, 2.75) is 32.7 Å². The molecule has 1 N–H and O–H groups in total. The number of nitrogens with one attached hydrogen (secondary N) is 1. The number of urea groups is 1. The first-order valence-corrected chi connectivity index (χ1v) is 6.33. The van der Waals surface area contributed by atoms with E-state index >= 15 is 0 Å². The third-order valence-corrected chi connectivity index (χ3v) is 3.42. The van der Waals surface area contributed by atoms with Crippen LogP contribution in [0.5, 0.6) is 0 Å². The highest BCUT2D eigenvalue weighted by molar-refractivity contribution is 6.32. The molecule has 1 aliphatic rings. The van der Waals surface area contributed by atoms with Crippen LogP contribution in [0.25, 0.3) is 0 Å². The number of anilines is 1. The lowest BCUT2D eigenvalue weighted by Gasteiger charge is -2.13. The van der Waals surface area contributed by atoms with E-state index in [9.17, 15) is 9.59 Å². The van der Waals surface area contributed by atoms with Gasteiger partial charge in [-0.05, 0) is 31.0 Å². The average Bonchev–Trinajstić information content (AvgIpc) is 2.59. The molecule has 1 unspecified atom stereocenters. The molecule has 0 bridgehead atoms. The maximum atomic E-state index is 12.1. The standard InChI is InChI=1S/C13H15ClN2O2/c1-3-4-11-12(17)16(13(18)15-11)9-6-5-8(2)10(14)7-9/h5-7,11H,3-4H2,1-2H3,(H,15,18). The van der Waals surface area contributed by atoms with Gasteiger partial charge in [-0.2, -0.15) is 0 Å². The SMILES string of the molecule is CCCC1NC(=O)N(c2ccc(C)c(Cl)c2)C1=O. The summed E-state index contributed by atoms with van der Waals surface area (Å²) in [5.74, 6) is -0.207. The van der Waals surface area contributed by atoms with E-state index in [1.807, 2.05) is 13.8 Å². The van der Waals surface area contributed by atoms with E-state index in [2.05, 4.69) is 5.32 Å². The number of nitrogens with zero attached hydrogens (tertiary/aromatic N) is 1. The average molecular weight is 267 g/mol. The van der Waals surface area contributed by atoms with Crippen LogP contribution in [0, 0.1) is 6.92 Å². The number of aryl methyl sites for hydroxylation is 1. The summed E-state index contributed by atoms with van der Waals surface area (Å²) < 4.78 is 0. The summed E-state index contributed by atoms with van der Waals surface area (Å²) in [5, 5.41) is 3.23. The molecule has 1 atom stereocenters. The van der Waals surface area contributed by atoms with Crippen molar-refractivity contribution in [3.63, 3.8) is 0 Å². The first kappa shape index (κ1) is 12.9. The summed E-state index contributed by atoms with van der Waals surface area (Å²) in [5.41, 5.74) is 1.43. The molecule has 1 fully saturated rings. The predicted molar refractivity (Wildman–Crippen MR) is 70.9 cm³/mol. The Balaban J connectivity index is 2.30. The summed E-state index contributed by atoms with van der Waals surface area (Å²) in [4.78, 5) is 25.1. The number of hydrogen-bond acceptors (Lipinski definition) is 2. The van der Waals surface area contributed by atoms with E-state index in [-0.39, 0.29) is 11.9 Å². The molecule has 2 rings (SSSR count). The topological polar surface area (TPSA) is 49.4 Å². The minimum atomic E-state index is -0.414. The number of carbonyl (C=O) groups excluding carboxylic acids is 2. The second-order valence-corrected chi connectivity index (χ2v) is 4.81. The van der Waals surface area contributed by atoms with Crippen LogP contribution >= 0.6 is 11.6 Å². The van der Waals surface area contributed by atoms with Crippen molar-refractivity contribution in [2.75, 3.05) is 4.90 Å². The molecule has 0 spiro atoms. The summed E-state index contributed by atoms with van der Waals surface area (Å²) in [6.07, 6.45) is 1.50. The van der Waals surface area contributed by atoms with E-state index in [0.29, 0.717) is 17.1 Å². The monoisotopic (exact) mass is 266 g/mol. The van der Waals surface area contributed by atoms with Crippen molar-refractivity contribution < 1.29 is 9.59 Å². The molecular weight excluding hydrogens is 252 g/mol. The minimum absolute atomic E-state index is 0.207. The molecule has 0 radical (unpaired) electrons. The Hall–Kier alpha value is -1.55. The molecule has 1 aliphatic heterocycles. The Morgan fingerprint density at radius 2 is 2.11 bits per heavy atom. The smallest absolute Gasteiger partial charge is 0.325 e. The lowest BCUT2D eigenvalue weighted by molar-refractivity contribution is -0.118. The van der Waals surface area contributed by atoms with E-state index in [0.717, 1.165) is 16.9 Å². The Kier molecular flexibility index (Phi) is 3.57. The van der Waals surface area contributed by atoms with Crippen LogP contribution in [0.15, 0.2) is 18.2 Å². The number of halogens is 1. The fourth-order valence-corrected chi connectivity index (χ4v) is 2.16. The van der Waals surface area contributed by atoms with Gasteiger partial charge in [0.05, 0.1) is 5.69 Å². The van der Waals surface area contributed by atoms with Crippen LogP contribution in [0.2, 0.25) is 5.02 Å². The summed E-state index contributed by atoms with van der Waals surface area (Å²) >= 11 is 6.02. The first-order valence-electron chi connectivity index (χ1n) is 5.95. The third kappa shape index (κ3) is 2.20. The van der Waals surface area contributed by atoms with Crippen LogP contribution in [0.3, 0.4) is 0 Å². The van der Waals surface area contributed by atoms with Gasteiger partial charge >= 0.3 is 6.03 Å². The maximum absolute atomic E-state index is 12.1. The normalized spacial score (nSPS) is 19.3. The van der Waals surface area contributed by atoms with Gasteiger partial charge in [0, 0.05) is 5.02 Å². The second kappa shape index (κ2) is 4.98. The fourth-order valence-electron chi connectivity index (χ4n) is 1.98. The molecule has 1 aromatic rings. The second-order valence-electron chi connectivity index (χ2n) is 4.40. The van der Waals surface area contributed by atoms with Crippen molar-refractivity contribution in [3.05, 3.63) is 28.8 Å². The Labute approximate surface area is 111 Å². The van der Waals surface area contributed by atoms with E-state index in [1.165, 1.54) is 0 Å². The maximum Gasteiger partial charge on any atom is 0.329 e. The molecule has 4 nitrogen and oxygen atoms in total. The van der Waals surface area contributed by atoms with Gasteiger partial charge < -0.3 is 5.32 Å². The first-order chi connectivity index (χ1) is 8.54.